The van der Waals surface area contributed by atoms with Crippen LogP contribution in [0, 0.1) is 5.82 Å². The minimum atomic E-state index is -0.344. The molecule has 0 saturated carbocycles. The highest BCUT2D eigenvalue weighted by atomic mass is 79.9. The molecule has 0 aliphatic carbocycles. The van der Waals surface area contributed by atoms with Gasteiger partial charge in [-0.15, -0.1) is 0 Å². The van der Waals surface area contributed by atoms with Crippen molar-refractivity contribution in [3.8, 4) is 0 Å². The molecule has 2 aromatic carbocycles. The van der Waals surface area contributed by atoms with Gasteiger partial charge in [-0.1, -0.05) is 34.1 Å². The lowest BCUT2D eigenvalue weighted by Crippen LogP contribution is -1.93. The molecule has 3 heteroatoms. The highest BCUT2D eigenvalue weighted by molar-refractivity contribution is 9.10. The summed E-state index contributed by atoms with van der Waals surface area (Å²) in [5.74, 6) is -0.485. The first-order valence-corrected chi connectivity index (χ1v) is 6.18. The first-order chi connectivity index (χ1) is 8.65. The smallest absolute Gasteiger partial charge is 0.185 e. The number of carbonyl (C=O) groups is 1. The van der Waals surface area contributed by atoms with E-state index in [-0.39, 0.29) is 11.6 Å². The molecule has 90 valence electrons. The van der Waals surface area contributed by atoms with Crippen LogP contribution in [0.2, 0.25) is 0 Å². The van der Waals surface area contributed by atoms with Gasteiger partial charge in [0.25, 0.3) is 0 Å². The van der Waals surface area contributed by atoms with Crippen LogP contribution in [0.3, 0.4) is 0 Å². The van der Waals surface area contributed by atoms with Gasteiger partial charge in [0.2, 0.25) is 0 Å². The largest absolute Gasteiger partial charge is 0.289 e. The third kappa shape index (κ3) is 3.37. The summed E-state index contributed by atoms with van der Waals surface area (Å²) >= 11 is 3.34. The molecule has 1 nitrogen and oxygen atoms in total. The molecule has 0 aromatic heterocycles. The zero-order chi connectivity index (χ0) is 13.0. The van der Waals surface area contributed by atoms with E-state index in [4.69, 9.17) is 0 Å². The lowest BCUT2D eigenvalue weighted by molar-refractivity contribution is 0.104. The number of rotatable bonds is 3. The van der Waals surface area contributed by atoms with Crippen molar-refractivity contribution in [2.45, 2.75) is 0 Å². The van der Waals surface area contributed by atoms with Crippen molar-refractivity contribution < 1.29 is 9.18 Å². The summed E-state index contributed by atoms with van der Waals surface area (Å²) in [6, 6.07) is 13.1. The van der Waals surface area contributed by atoms with Gasteiger partial charge in [0, 0.05) is 10.0 Å². The zero-order valence-electron chi connectivity index (χ0n) is 9.44. The van der Waals surface area contributed by atoms with Crippen LogP contribution in [0.4, 0.5) is 4.39 Å². The zero-order valence-corrected chi connectivity index (χ0v) is 11.0. The fourth-order valence-electron chi connectivity index (χ4n) is 1.46. The summed E-state index contributed by atoms with van der Waals surface area (Å²) in [6.45, 7) is 0. The van der Waals surface area contributed by atoms with Gasteiger partial charge in [0.1, 0.15) is 5.82 Å². The van der Waals surface area contributed by atoms with E-state index in [0.29, 0.717) is 5.56 Å². The molecule has 2 aromatic rings. The summed E-state index contributed by atoms with van der Waals surface area (Å²) in [5, 5.41) is 0. The Bertz CT molecular complexity index is 570. The first kappa shape index (κ1) is 12.7. The van der Waals surface area contributed by atoms with E-state index in [9.17, 15) is 9.18 Å². The summed E-state index contributed by atoms with van der Waals surface area (Å²) in [5.41, 5.74) is 1.42. The summed E-state index contributed by atoms with van der Waals surface area (Å²) in [4.78, 5) is 11.8. The van der Waals surface area contributed by atoms with Crippen molar-refractivity contribution in [3.05, 3.63) is 76.0 Å². The molecule has 0 bridgehead atoms. The Hall–Kier alpha value is -1.74. The van der Waals surface area contributed by atoms with E-state index in [2.05, 4.69) is 15.9 Å². The van der Waals surface area contributed by atoms with Crippen LogP contribution in [-0.4, -0.2) is 5.78 Å². The Morgan fingerprint density at radius 2 is 1.61 bits per heavy atom. The second-order valence-electron chi connectivity index (χ2n) is 3.76. The van der Waals surface area contributed by atoms with Gasteiger partial charge in [-0.25, -0.2) is 4.39 Å². The maximum Gasteiger partial charge on any atom is 0.185 e. The molecule has 0 unspecified atom stereocenters. The van der Waals surface area contributed by atoms with Gasteiger partial charge in [0.15, 0.2) is 5.78 Å². The van der Waals surface area contributed by atoms with Crippen LogP contribution < -0.4 is 0 Å². The molecule has 0 aliphatic rings. The van der Waals surface area contributed by atoms with Crippen molar-refractivity contribution in [1.82, 2.24) is 0 Å². The van der Waals surface area contributed by atoms with Gasteiger partial charge in [-0.2, -0.15) is 0 Å². The molecule has 0 radical (unpaired) electrons. The van der Waals surface area contributed by atoms with E-state index >= 15 is 0 Å². The Labute approximate surface area is 113 Å². The molecule has 0 N–H and O–H groups in total. The SMILES string of the molecule is O=C(/C=C/c1ccc(Br)cc1)c1ccc(F)cc1. The monoisotopic (exact) mass is 304 g/mol. The Morgan fingerprint density at radius 1 is 1.00 bits per heavy atom. The normalized spacial score (nSPS) is 10.8. The van der Waals surface area contributed by atoms with Crippen molar-refractivity contribution in [2.75, 3.05) is 0 Å². The molecule has 0 aliphatic heterocycles. The second-order valence-corrected chi connectivity index (χ2v) is 4.67. The Kier molecular flexibility index (Phi) is 4.05. The van der Waals surface area contributed by atoms with Gasteiger partial charge < -0.3 is 0 Å². The van der Waals surface area contributed by atoms with Crippen molar-refractivity contribution in [3.63, 3.8) is 0 Å². The number of hydrogen-bond acceptors (Lipinski definition) is 1. The summed E-state index contributed by atoms with van der Waals surface area (Å²) in [7, 11) is 0. The van der Waals surface area contributed by atoms with Gasteiger partial charge in [-0.05, 0) is 48.0 Å². The lowest BCUT2D eigenvalue weighted by atomic mass is 10.1. The van der Waals surface area contributed by atoms with Crippen LogP contribution in [0.5, 0.6) is 0 Å². The number of ketones is 1. The highest BCUT2D eigenvalue weighted by Crippen LogP contribution is 2.12. The second kappa shape index (κ2) is 5.74. The van der Waals surface area contributed by atoms with Gasteiger partial charge in [0.05, 0.1) is 0 Å². The average molecular weight is 305 g/mol. The summed E-state index contributed by atoms with van der Waals surface area (Å²) < 4.78 is 13.7. The van der Waals surface area contributed by atoms with Crippen molar-refractivity contribution >= 4 is 27.8 Å². The molecule has 0 heterocycles. The topological polar surface area (TPSA) is 17.1 Å². The van der Waals surface area contributed by atoms with Crippen LogP contribution >= 0.6 is 15.9 Å². The minimum Gasteiger partial charge on any atom is -0.289 e. The molecule has 0 fully saturated rings. The molecule has 0 saturated heterocycles. The Morgan fingerprint density at radius 3 is 2.22 bits per heavy atom. The third-order valence-corrected chi connectivity index (χ3v) is 2.95. The van der Waals surface area contributed by atoms with Crippen molar-refractivity contribution in [2.24, 2.45) is 0 Å². The van der Waals surface area contributed by atoms with E-state index in [1.165, 1.54) is 30.3 Å². The third-order valence-electron chi connectivity index (χ3n) is 2.43. The van der Waals surface area contributed by atoms with Crippen molar-refractivity contribution in [1.29, 1.82) is 0 Å². The molecule has 2 rings (SSSR count). The number of halogens is 2. The minimum absolute atomic E-state index is 0.141. The lowest BCUT2D eigenvalue weighted by Gasteiger charge is -1.96. The fourth-order valence-corrected chi connectivity index (χ4v) is 1.72. The van der Waals surface area contributed by atoms with E-state index < -0.39 is 0 Å². The molecule has 18 heavy (non-hydrogen) atoms. The van der Waals surface area contributed by atoms with Crippen LogP contribution in [-0.2, 0) is 0 Å². The van der Waals surface area contributed by atoms with E-state index in [0.717, 1.165) is 10.0 Å². The molecular formula is C15H10BrFO. The molecular weight excluding hydrogens is 295 g/mol. The highest BCUT2D eigenvalue weighted by Gasteiger charge is 2.01. The maximum atomic E-state index is 12.7. The number of hydrogen-bond donors (Lipinski definition) is 0. The number of allylic oxidation sites excluding steroid dienone is 1. The maximum absolute atomic E-state index is 12.7. The van der Waals surface area contributed by atoms with Gasteiger partial charge in [-0.3, -0.25) is 4.79 Å². The molecule has 0 spiro atoms. The van der Waals surface area contributed by atoms with E-state index in [1.807, 2.05) is 24.3 Å². The van der Waals surface area contributed by atoms with Gasteiger partial charge >= 0.3 is 0 Å². The number of carbonyl (C=O) groups excluding carboxylic acids is 1. The predicted octanol–water partition coefficient (Wildman–Crippen LogP) is 4.48. The fraction of sp³-hybridized carbons (Fsp3) is 0. The Balaban J connectivity index is 2.11. The average Bonchev–Trinajstić information content (AvgIpc) is 2.38. The number of benzene rings is 2. The van der Waals surface area contributed by atoms with Crippen LogP contribution in [0.15, 0.2) is 59.1 Å². The predicted molar refractivity (Wildman–Crippen MR) is 73.9 cm³/mol. The first-order valence-electron chi connectivity index (χ1n) is 5.39. The van der Waals surface area contributed by atoms with Crippen LogP contribution in [0.25, 0.3) is 6.08 Å². The summed E-state index contributed by atoms with van der Waals surface area (Å²) in [6.07, 6.45) is 3.22. The van der Waals surface area contributed by atoms with E-state index in [1.54, 1.807) is 6.08 Å². The molecule has 0 amide bonds. The molecule has 0 atom stereocenters. The standard InChI is InChI=1S/C15H10BrFO/c16-13-6-1-11(2-7-13)3-10-15(18)12-4-8-14(17)9-5-12/h1-10H/b10-3+. The quantitative estimate of drug-likeness (QED) is 0.603. The van der Waals surface area contributed by atoms with Crippen LogP contribution in [0.1, 0.15) is 15.9 Å².